The van der Waals surface area contributed by atoms with E-state index >= 15 is 0 Å². The quantitative estimate of drug-likeness (QED) is 0.119. The van der Waals surface area contributed by atoms with Crippen LogP contribution in [0.3, 0.4) is 0 Å². The highest BCUT2D eigenvalue weighted by Crippen LogP contribution is 2.39. The van der Waals surface area contributed by atoms with E-state index in [-0.39, 0.29) is 36.0 Å². The molecule has 6 heteroatoms. The fraction of sp³-hybridized carbons (Fsp3) is 0.419. The van der Waals surface area contributed by atoms with Crippen LogP contribution in [0.4, 0.5) is 0 Å². The van der Waals surface area contributed by atoms with Gasteiger partial charge in [-0.25, -0.2) is 4.79 Å². The predicted octanol–water partition coefficient (Wildman–Crippen LogP) is 7.86. The average Bonchev–Trinajstić information content (AvgIpc) is 2.79. The molecule has 0 atom stereocenters. The van der Waals surface area contributed by atoms with Gasteiger partial charge >= 0.3 is 11.6 Å². The van der Waals surface area contributed by atoms with Gasteiger partial charge in [-0.3, -0.25) is 4.79 Å². The van der Waals surface area contributed by atoms with Crippen LogP contribution in [0.2, 0.25) is 0 Å². The van der Waals surface area contributed by atoms with Gasteiger partial charge in [-0.2, -0.15) is 0 Å². The molecule has 0 saturated heterocycles. The molecule has 0 bridgehead atoms. The number of allylic oxidation sites excluding steroid dienone is 6. The number of benzene rings is 1. The molecule has 0 spiro atoms. The molecule has 0 radical (unpaired) electrons. The summed E-state index contributed by atoms with van der Waals surface area (Å²) in [7, 11) is 0. The minimum atomic E-state index is -0.651. The Labute approximate surface area is 220 Å². The molecule has 37 heavy (non-hydrogen) atoms. The molecule has 2 aromatic rings. The minimum Gasteiger partial charge on any atom is -0.484 e. The van der Waals surface area contributed by atoms with Crippen molar-refractivity contribution in [2.45, 2.75) is 74.1 Å². The molecular formula is C31H40O6. The van der Waals surface area contributed by atoms with Gasteiger partial charge in [0.2, 0.25) is 5.75 Å². The molecular weight excluding hydrogens is 468 g/mol. The number of fused-ring (bicyclic) bond motifs is 1. The fourth-order valence-electron chi connectivity index (χ4n) is 3.59. The molecule has 0 saturated carbocycles. The third kappa shape index (κ3) is 10.2. The molecule has 6 nitrogen and oxygen atoms in total. The number of hydrogen-bond donors (Lipinski definition) is 0. The molecule has 2 rings (SSSR count). The number of esters is 1. The summed E-state index contributed by atoms with van der Waals surface area (Å²) in [6.45, 7) is 14.1. The second-order valence-electron chi connectivity index (χ2n) is 9.63. The first kappa shape index (κ1) is 29.7. The van der Waals surface area contributed by atoms with Gasteiger partial charge in [0.05, 0.1) is 0 Å². The molecule has 0 unspecified atom stereocenters. The van der Waals surface area contributed by atoms with Crippen molar-refractivity contribution in [1.82, 2.24) is 0 Å². The van der Waals surface area contributed by atoms with Crippen molar-refractivity contribution < 1.29 is 23.4 Å². The van der Waals surface area contributed by atoms with E-state index in [1.54, 1.807) is 18.2 Å². The standard InChI is InChI=1S/C31H40O6/c1-21(2)11-8-13-23(5)17-19-34-29-28-26(36-25(7)32)15-10-16-27(28)37-31(33)30(29)35-20-18-24(6)14-9-12-22(3)4/h10-12,15-18H,8-9,13-14,19-20H2,1-7H3/b23-17+,24-18+. The highest BCUT2D eigenvalue weighted by Gasteiger charge is 2.21. The van der Waals surface area contributed by atoms with Crippen LogP contribution in [0.1, 0.15) is 74.1 Å². The van der Waals surface area contributed by atoms with E-state index in [0.29, 0.717) is 5.39 Å². The van der Waals surface area contributed by atoms with Crippen molar-refractivity contribution in [3.63, 3.8) is 0 Å². The lowest BCUT2D eigenvalue weighted by Gasteiger charge is -2.15. The van der Waals surface area contributed by atoms with Gasteiger partial charge < -0.3 is 18.6 Å². The van der Waals surface area contributed by atoms with E-state index in [9.17, 15) is 9.59 Å². The van der Waals surface area contributed by atoms with Crippen molar-refractivity contribution in [2.24, 2.45) is 0 Å². The lowest BCUT2D eigenvalue weighted by Crippen LogP contribution is -2.12. The van der Waals surface area contributed by atoms with Gasteiger partial charge in [-0.15, -0.1) is 0 Å². The van der Waals surface area contributed by atoms with E-state index in [1.165, 1.54) is 23.6 Å². The predicted molar refractivity (Wildman–Crippen MR) is 150 cm³/mol. The number of carbonyl (C=O) groups excluding carboxylic acids is 1. The summed E-state index contributed by atoms with van der Waals surface area (Å²) in [4.78, 5) is 24.6. The summed E-state index contributed by atoms with van der Waals surface area (Å²) >= 11 is 0. The highest BCUT2D eigenvalue weighted by molar-refractivity contribution is 5.93. The van der Waals surface area contributed by atoms with Crippen molar-refractivity contribution in [3.8, 4) is 17.2 Å². The number of ether oxygens (including phenoxy) is 3. The maximum Gasteiger partial charge on any atom is 0.383 e. The molecule has 0 amide bonds. The molecule has 0 fully saturated rings. The van der Waals surface area contributed by atoms with Crippen LogP contribution in [0, 0.1) is 0 Å². The molecule has 200 valence electrons. The topological polar surface area (TPSA) is 75.0 Å². The minimum absolute atomic E-state index is 0.0453. The van der Waals surface area contributed by atoms with Crippen LogP contribution in [-0.2, 0) is 4.79 Å². The zero-order valence-electron chi connectivity index (χ0n) is 23.2. The van der Waals surface area contributed by atoms with Crippen LogP contribution in [-0.4, -0.2) is 19.2 Å². The summed E-state index contributed by atoms with van der Waals surface area (Å²) in [6.07, 6.45) is 12.0. The summed E-state index contributed by atoms with van der Waals surface area (Å²) < 4.78 is 22.9. The Morgan fingerprint density at radius 3 is 1.84 bits per heavy atom. The fourth-order valence-corrected chi connectivity index (χ4v) is 3.59. The largest absolute Gasteiger partial charge is 0.484 e. The first-order valence-electron chi connectivity index (χ1n) is 12.7. The Balaban J connectivity index is 2.37. The third-order valence-corrected chi connectivity index (χ3v) is 5.56. The molecule has 0 aliphatic carbocycles. The van der Waals surface area contributed by atoms with Gasteiger partial charge in [-0.1, -0.05) is 40.5 Å². The Hall–Kier alpha value is -3.54. The summed E-state index contributed by atoms with van der Waals surface area (Å²) in [5, 5.41) is 0.382. The molecule has 0 N–H and O–H groups in total. The Bertz CT molecular complexity index is 1250. The maximum absolute atomic E-state index is 12.9. The second kappa shape index (κ2) is 14.9. The van der Waals surface area contributed by atoms with E-state index < -0.39 is 11.6 Å². The molecule has 0 aliphatic rings. The van der Waals surface area contributed by atoms with Crippen molar-refractivity contribution in [2.75, 3.05) is 13.2 Å². The van der Waals surface area contributed by atoms with Crippen LogP contribution >= 0.6 is 0 Å². The molecule has 1 heterocycles. The van der Waals surface area contributed by atoms with Gasteiger partial charge in [0.1, 0.15) is 29.9 Å². The van der Waals surface area contributed by atoms with Crippen LogP contribution in [0.15, 0.2) is 74.0 Å². The molecule has 1 aromatic carbocycles. The Morgan fingerprint density at radius 2 is 1.32 bits per heavy atom. The lowest BCUT2D eigenvalue weighted by molar-refractivity contribution is -0.131. The maximum atomic E-state index is 12.9. The first-order valence-corrected chi connectivity index (χ1v) is 12.7. The lowest BCUT2D eigenvalue weighted by atomic mass is 10.1. The van der Waals surface area contributed by atoms with Gasteiger partial charge in [0, 0.05) is 6.92 Å². The number of carbonyl (C=O) groups is 1. The summed E-state index contributed by atoms with van der Waals surface area (Å²) in [5.74, 6) is -0.0913. The Morgan fingerprint density at radius 1 is 0.784 bits per heavy atom. The third-order valence-electron chi connectivity index (χ3n) is 5.56. The summed E-state index contributed by atoms with van der Waals surface area (Å²) in [5.41, 5.74) is 4.49. The average molecular weight is 509 g/mol. The van der Waals surface area contributed by atoms with Crippen LogP contribution in [0.5, 0.6) is 17.2 Å². The van der Waals surface area contributed by atoms with E-state index in [0.717, 1.165) is 31.3 Å². The zero-order valence-corrected chi connectivity index (χ0v) is 23.2. The summed E-state index contributed by atoms with van der Waals surface area (Å²) in [6, 6.07) is 4.92. The smallest absolute Gasteiger partial charge is 0.383 e. The zero-order chi connectivity index (χ0) is 27.4. The monoisotopic (exact) mass is 508 g/mol. The van der Waals surface area contributed by atoms with E-state index in [4.69, 9.17) is 18.6 Å². The normalized spacial score (nSPS) is 11.8. The van der Waals surface area contributed by atoms with E-state index in [2.05, 4.69) is 39.8 Å². The van der Waals surface area contributed by atoms with Crippen molar-refractivity contribution >= 4 is 16.9 Å². The number of hydrogen-bond acceptors (Lipinski definition) is 6. The first-order chi connectivity index (χ1) is 17.6. The van der Waals surface area contributed by atoms with Crippen LogP contribution in [0.25, 0.3) is 11.0 Å². The number of rotatable bonds is 13. The Kier molecular flexibility index (Phi) is 11.9. The van der Waals surface area contributed by atoms with Crippen molar-refractivity contribution in [1.29, 1.82) is 0 Å². The second-order valence-corrected chi connectivity index (χ2v) is 9.63. The van der Waals surface area contributed by atoms with Gasteiger partial charge in [-0.05, 0) is 91.5 Å². The SMILES string of the molecule is CC(=O)Oc1cccc2oc(=O)c(OC/C=C(\C)CCC=C(C)C)c(OC/C=C(\C)CCC=C(C)C)c12. The van der Waals surface area contributed by atoms with Crippen molar-refractivity contribution in [3.05, 3.63) is 75.2 Å². The van der Waals surface area contributed by atoms with Crippen LogP contribution < -0.4 is 19.8 Å². The molecule has 1 aromatic heterocycles. The van der Waals surface area contributed by atoms with E-state index in [1.807, 2.05) is 26.0 Å². The van der Waals surface area contributed by atoms with Gasteiger partial charge in [0.25, 0.3) is 0 Å². The molecule has 0 aliphatic heterocycles. The highest BCUT2D eigenvalue weighted by atomic mass is 16.5. The van der Waals surface area contributed by atoms with Gasteiger partial charge in [0.15, 0.2) is 5.75 Å².